The second-order valence-corrected chi connectivity index (χ2v) is 11.7. The Bertz CT molecular complexity index is 905. The first-order valence-electron chi connectivity index (χ1n) is 13.2. The van der Waals surface area contributed by atoms with Gasteiger partial charge in [0, 0.05) is 17.8 Å². The fourth-order valence-corrected chi connectivity index (χ4v) is 4.10. The molecule has 0 saturated heterocycles. The summed E-state index contributed by atoms with van der Waals surface area (Å²) in [6, 6.07) is 5.61. The summed E-state index contributed by atoms with van der Waals surface area (Å²) in [4.78, 5) is 41.7. The molecular formula is C29H47N3O4S. The Balaban J connectivity index is 3.45. The SMILES string of the molecule is C=Cc1cccc(C(C(=O)NC(C)(C)C)N(CCCCCCC)C(=O)C(CS)NC(=O)OC(C)(C)C)c1. The van der Waals surface area contributed by atoms with Gasteiger partial charge in [0.05, 0.1) is 0 Å². The summed E-state index contributed by atoms with van der Waals surface area (Å²) >= 11 is 4.35. The molecular weight excluding hydrogens is 486 g/mol. The maximum Gasteiger partial charge on any atom is 0.408 e. The van der Waals surface area contributed by atoms with Gasteiger partial charge in [0.15, 0.2) is 0 Å². The van der Waals surface area contributed by atoms with Gasteiger partial charge in [-0.2, -0.15) is 12.6 Å². The molecule has 0 radical (unpaired) electrons. The van der Waals surface area contributed by atoms with Crippen molar-refractivity contribution in [3.8, 4) is 0 Å². The number of ether oxygens (including phenoxy) is 1. The Morgan fingerprint density at radius 1 is 1.08 bits per heavy atom. The Morgan fingerprint density at radius 2 is 1.73 bits per heavy atom. The number of benzene rings is 1. The molecule has 1 rings (SSSR count). The Labute approximate surface area is 229 Å². The molecule has 0 fully saturated rings. The van der Waals surface area contributed by atoms with Gasteiger partial charge in [-0.15, -0.1) is 0 Å². The number of hydrogen-bond acceptors (Lipinski definition) is 5. The second kappa shape index (κ2) is 15.1. The van der Waals surface area contributed by atoms with Gasteiger partial charge >= 0.3 is 6.09 Å². The lowest BCUT2D eigenvalue weighted by Crippen LogP contribution is -2.55. The summed E-state index contributed by atoms with van der Waals surface area (Å²) in [5.41, 5.74) is 0.308. The van der Waals surface area contributed by atoms with Crippen molar-refractivity contribution in [3.05, 3.63) is 42.0 Å². The van der Waals surface area contributed by atoms with E-state index in [1.54, 1.807) is 31.7 Å². The van der Waals surface area contributed by atoms with E-state index in [2.05, 4.69) is 36.8 Å². The predicted octanol–water partition coefficient (Wildman–Crippen LogP) is 5.91. The molecule has 0 aliphatic rings. The van der Waals surface area contributed by atoms with Crippen LogP contribution >= 0.6 is 12.6 Å². The van der Waals surface area contributed by atoms with Crippen LogP contribution in [0.25, 0.3) is 6.08 Å². The number of unbranched alkanes of at least 4 members (excludes halogenated alkanes) is 4. The van der Waals surface area contributed by atoms with Gasteiger partial charge < -0.3 is 20.3 Å². The summed E-state index contributed by atoms with van der Waals surface area (Å²) in [7, 11) is 0. The highest BCUT2D eigenvalue weighted by Crippen LogP contribution is 2.26. The van der Waals surface area contributed by atoms with Crippen LogP contribution in [0.15, 0.2) is 30.8 Å². The van der Waals surface area contributed by atoms with Crippen LogP contribution in [0, 0.1) is 0 Å². The van der Waals surface area contributed by atoms with Crippen LogP contribution in [0.3, 0.4) is 0 Å². The molecule has 2 atom stereocenters. The van der Waals surface area contributed by atoms with Crippen molar-refractivity contribution in [2.75, 3.05) is 12.3 Å². The molecule has 0 saturated carbocycles. The Kier molecular flexibility index (Phi) is 13.2. The number of carbonyl (C=O) groups excluding carboxylic acids is 3. The lowest BCUT2D eigenvalue weighted by atomic mass is 9.98. The first-order chi connectivity index (χ1) is 17.2. The van der Waals surface area contributed by atoms with Crippen LogP contribution in [0.5, 0.6) is 0 Å². The highest BCUT2D eigenvalue weighted by atomic mass is 32.1. The van der Waals surface area contributed by atoms with Gasteiger partial charge in [-0.1, -0.05) is 63.5 Å². The van der Waals surface area contributed by atoms with Crippen LogP contribution in [-0.2, 0) is 14.3 Å². The average molecular weight is 534 g/mol. The van der Waals surface area contributed by atoms with Crippen molar-refractivity contribution in [1.29, 1.82) is 0 Å². The molecule has 208 valence electrons. The normalized spacial score (nSPS) is 13.3. The van der Waals surface area contributed by atoms with E-state index in [-0.39, 0.29) is 17.6 Å². The van der Waals surface area contributed by atoms with Crippen molar-refractivity contribution in [1.82, 2.24) is 15.5 Å². The van der Waals surface area contributed by atoms with Crippen molar-refractivity contribution in [2.45, 2.75) is 104 Å². The molecule has 0 aliphatic carbocycles. The summed E-state index contributed by atoms with van der Waals surface area (Å²) in [6.45, 7) is 17.3. The fourth-order valence-electron chi connectivity index (χ4n) is 3.85. The Morgan fingerprint density at radius 3 is 2.27 bits per heavy atom. The lowest BCUT2D eigenvalue weighted by Gasteiger charge is -2.36. The molecule has 0 bridgehead atoms. The third-order valence-electron chi connectivity index (χ3n) is 5.48. The molecule has 2 N–H and O–H groups in total. The van der Waals surface area contributed by atoms with Crippen LogP contribution in [0.2, 0.25) is 0 Å². The van der Waals surface area contributed by atoms with Crippen LogP contribution in [0.4, 0.5) is 4.79 Å². The number of rotatable bonds is 13. The molecule has 37 heavy (non-hydrogen) atoms. The highest BCUT2D eigenvalue weighted by Gasteiger charge is 2.36. The van der Waals surface area contributed by atoms with Gasteiger partial charge in [0.25, 0.3) is 0 Å². The number of amides is 3. The predicted molar refractivity (Wildman–Crippen MR) is 155 cm³/mol. The smallest absolute Gasteiger partial charge is 0.408 e. The van der Waals surface area contributed by atoms with Crippen molar-refractivity contribution < 1.29 is 19.1 Å². The lowest BCUT2D eigenvalue weighted by molar-refractivity contribution is -0.142. The topological polar surface area (TPSA) is 87.7 Å². The Hall–Kier alpha value is -2.48. The van der Waals surface area contributed by atoms with Gasteiger partial charge in [-0.3, -0.25) is 9.59 Å². The van der Waals surface area contributed by atoms with E-state index in [1.165, 1.54) is 0 Å². The first-order valence-corrected chi connectivity index (χ1v) is 13.8. The minimum absolute atomic E-state index is 0.0602. The molecule has 0 heterocycles. The van der Waals surface area contributed by atoms with Gasteiger partial charge in [0.2, 0.25) is 11.8 Å². The van der Waals surface area contributed by atoms with Crippen LogP contribution in [-0.4, -0.2) is 52.3 Å². The van der Waals surface area contributed by atoms with E-state index >= 15 is 0 Å². The van der Waals surface area contributed by atoms with Crippen molar-refractivity contribution in [2.24, 2.45) is 0 Å². The summed E-state index contributed by atoms with van der Waals surface area (Å²) < 4.78 is 5.37. The minimum Gasteiger partial charge on any atom is -0.444 e. The zero-order valence-electron chi connectivity index (χ0n) is 23.7. The van der Waals surface area contributed by atoms with E-state index in [1.807, 2.05) is 45.0 Å². The quantitative estimate of drug-likeness (QED) is 0.217. The molecule has 0 aromatic heterocycles. The van der Waals surface area contributed by atoms with E-state index < -0.39 is 29.3 Å². The number of alkyl carbamates (subject to hydrolysis) is 1. The zero-order chi connectivity index (χ0) is 28.2. The molecule has 7 nitrogen and oxygen atoms in total. The van der Waals surface area contributed by atoms with Gasteiger partial charge in [-0.25, -0.2) is 4.79 Å². The zero-order valence-corrected chi connectivity index (χ0v) is 24.6. The molecule has 8 heteroatoms. The summed E-state index contributed by atoms with van der Waals surface area (Å²) in [6.07, 6.45) is 5.95. The maximum atomic E-state index is 13.9. The van der Waals surface area contributed by atoms with E-state index in [4.69, 9.17) is 4.74 Å². The molecule has 2 unspecified atom stereocenters. The minimum atomic E-state index is -0.957. The summed E-state index contributed by atoms with van der Waals surface area (Å²) in [5, 5.41) is 5.69. The second-order valence-electron chi connectivity index (χ2n) is 11.3. The number of nitrogens with one attached hydrogen (secondary N) is 2. The van der Waals surface area contributed by atoms with Gasteiger partial charge in [-0.05, 0) is 65.2 Å². The summed E-state index contributed by atoms with van der Waals surface area (Å²) in [5.74, 6) is -0.606. The monoisotopic (exact) mass is 533 g/mol. The molecule has 1 aromatic rings. The molecule has 0 spiro atoms. The van der Waals surface area contributed by atoms with Gasteiger partial charge in [0.1, 0.15) is 17.7 Å². The number of hydrogen-bond donors (Lipinski definition) is 3. The number of nitrogens with zero attached hydrogens (tertiary/aromatic N) is 1. The molecule has 3 amide bonds. The fraction of sp³-hybridized carbons (Fsp3) is 0.621. The standard InChI is InChI=1S/C29H47N3O4S/c1-9-11-12-13-14-18-32(26(34)23(20-37)30-27(35)36-29(6,7)8)24(25(33)31-28(3,4)5)22-17-15-16-21(10-2)19-22/h10,15-17,19,23-24,37H,2,9,11-14,18,20H2,1,3-8H3,(H,30,35)(H,31,33). The molecule has 1 aromatic carbocycles. The average Bonchev–Trinajstić information content (AvgIpc) is 2.79. The van der Waals surface area contributed by atoms with Crippen molar-refractivity contribution in [3.63, 3.8) is 0 Å². The highest BCUT2D eigenvalue weighted by molar-refractivity contribution is 7.80. The molecule has 0 aliphatic heterocycles. The van der Waals surface area contributed by atoms with Crippen LogP contribution in [0.1, 0.15) is 97.7 Å². The van der Waals surface area contributed by atoms with E-state index in [0.29, 0.717) is 12.1 Å². The maximum absolute atomic E-state index is 13.9. The van der Waals surface area contributed by atoms with E-state index in [9.17, 15) is 14.4 Å². The third kappa shape index (κ3) is 12.1. The first kappa shape index (κ1) is 32.5. The van der Waals surface area contributed by atoms with Crippen molar-refractivity contribution >= 4 is 36.6 Å². The number of carbonyl (C=O) groups is 3. The van der Waals surface area contributed by atoms with E-state index in [0.717, 1.165) is 37.7 Å². The third-order valence-corrected chi connectivity index (χ3v) is 5.84. The van der Waals surface area contributed by atoms with Crippen LogP contribution < -0.4 is 10.6 Å². The largest absolute Gasteiger partial charge is 0.444 e. The number of thiol groups is 1.